The van der Waals surface area contributed by atoms with Crippen molar-refractivity contribution in [2.75, 3.05) is 7.05 Å². The van der Waals surface area contributed by atoms with E-state index in [1.165, 1.54) is 10.5 Å². The number of hydrogen-bond acceptors (Lipinski definition) is 4. The smallest absolute Gasteiger partial charge is 0.262 e. The van der Waals surface area contributed by atoms with Gasteiger partial charge in [-0.25, -0.2) is 13.4 Å². The van der Waals surface area contributed by atoms with Crippen LogP contribution >= 0.6 is 0 Å². The second-order valence-corrected chi connectivity index (χ2v) is 7.01. The van der Waals surface area contributed by atoms with Gasteiger partial charge >= 0.3 is 0 Å². The molecule has 0 atom stereocenters. The van der Waals surface area contributed by atoms with Gasteiger partial charge in [0.15, 0.2) is 5.03 Å². The lowest BCUT2D eigenvalue weighted by atomic mass is 10.1. The molecular formula is C14H20N4O2S. The van der Waals surface area contributed by atoms with Gasteiger partial charge in [0.05, 0.1) is 0 Å². The van der Waals surface area contributed by atoms with Crippen LogP contribution in [-0.2, 0) is 30.2 Å². The number of aromatic nitrogens is 2. The number of aryl methyl sites for hydroxylation is 2. The van der Waals surface area contributed by atoms with Crippen LogP contribution in [0.1, 0.15) is 17.0 Å². The summed E-state index contributed by atoms with van der Waals surface area (Å²) >= 11 is 0. The molecule has 1 heterocycles. The number of nitrogens with zero attached hydrogens (tertiary/aromatic N) is 3. The lowest BCUT2D eigenvalue weighted by molar-refractivity contribution is 0.464. The van der Waals surface area contributed by atoms with Gasteiger partial charge < -0.3 is 10.3 Å². The Bertz CT molecular complexity index is 718. The maximum absolute atomic E-state index is 12.5. The number of benzene rings is 1. The van der Waals surface area contributed by atoms with Gasteiger partial charge in [-0.1, -0.05) is 24.3 Å². The van der Waals surface area contributed by atoms with Crippen LogP contribution in [0.4, 0.5) is 0 Å². The minimum atomic E-state index is -3.59. The quantitative estimate of drug-likeness (QED) is 0.894. The molecule has 0 aliphatic carbocycles. The Balaban J connectivity index is 2.24. The van der Waals surface area contributed by atoms with Crippen LogP contribution in [-0.4, -0.2) is 29.3 Å². The Kier molecular flexibility index (Phi) is 4.46. The SMILES string of the molecule is Cc1nc(S(=O)(=O)N(C)Cc2cccc(CN)c2)cn1C. The monoisotopic (exact) mass is 308 g/mol. The molecule has 0 unspecified atom stereocenters. The van der Waals surface area contributed by atoms with Crippen molar-refractivity contribution in [1.82, 2.24) is 13.9 Å². The van der Waals surface area contributed by atoms with E-state index in [1.54, 1.807) is 25.6 Å². The van der Waals surface area contributed by atoms with Crippen molar-refractivity contribution < 1.29 is 8.42 Å². The molecule has 1 aromatic heterocycles. The molecule has 1 aromatic carbocycles. The number of sulfonamides is 1. The largest absolute Gasteiger partial charge is 0.337 e. The van der Waals surface area contributed by atoms with Gasteiger partial charge in [0.1, 0.15) is 5.82 Å². The van der Waals surface area contributed by atoms with Gasteiger partial charge in [-0.05, 0) is 18.1 Å². The van der Waals surface area contributed by atoms with Crippen LogP contribution in [0.2, 0.25) is 0 Å². The van der Waals surface area contributed by atoms with Crippen molar-refractivity contribution in [1.29, 1.82) is 0 Å². The van der Waals surface area contributed by atoms with Gasteiger partial charge in [-0.3, -0.25) is 0 Å². The normalized spacial score (nSPS) is 12.0. The minimum absolute atomic E-state index is 0.0694. The van der Waals surface area contributed by atoms with E-state index < -0.39 is 10.0 Å². The minimum Gasteiger partial charge on any atom is -0.337 e. The number of rotatable bonds is 5. The van der Waals surface area contributed by atoms with Crippen molar-refractivity contribution >= 4 is 10.0 Å². The standard InChI is InChI=1S/C14H20N4O2S/c1-11-16-14(10-17(11)2)21(19,20)18(3)9-13-6-4-5-12(7-13)8-15/h4-7,10H,8-9,15H2,1-3H3. The molecule has 2 N–H and O–H groups in total. The van der Waals surface area contributed by atoms with Crippen LogP contribution in [0.3, 0.4) is 0 Å². The van der Waals surface area contributed by atoms with Crippen molar-refractivity contribution in [3.8, 4) is 0 Å². The zero-order valence-corrected chi connectivity index (χ0v) is 13.3. The van der Waals surface area contributed by atoms with Gasteiger partial charge in [-0.2, -0.15) is 4.31 Å². The molecule has 0 aliphatic rings. The lowest BCUT2D eigenvalue weighted by Gasteiger charge is -2.16. The predicted octanol–water partition coefficient (Wildman–Crippen LogP) is 1.01. The Morgan fingerprint density at radius 3 is 2.57 bits per heavy atom. The molecule has 7 heteroatoms. The van der Waals surface area contributed by atoms with Gasteiger partial charge in [0, 0.05) is 33.4 Å². The van der Waals surface area contributed by atoms with Gasteiger partial charge in [-0.15, -0.1) is 0 Å². The molecule has 21 heavy (non-hydrogen) atoms. The predicted molar refractivity (Wildman–Crippen MR) is 80.9 cm³/mol. The molecule has 6 nitrogen and oxygen atoms in total. The third kappa shape index (κ3) is 3.31. The zero-order chi connectivity index (χ0) is 15.6. The van der Waals surface area contributed by atoms with Crippen LogP contribution in [0.5, 0.6) is 0 Å². The number of nitrogens with two attached hydrogens (primary N) is 1. The topological polar surface area (TPSA) is 81.2 Å². The van der Waals surface area contributed by atoms with E-state index in [0.717, 1.165) is 11.1 Å². The Hall–Kier alpha value is -1.70. The maximum atomic E-state index is 12.5. The average Bonchev–Trinajstić information content (AvgIpc) is 2.79. The van der Waals surface area contributed by atoms with E-state index in [-0.39, 0.29) is 11.6 Å². The Morgan fingerprint density at radius 1 is 1.33 bits per heavy atom. The van der Waals surface area contributed by atoms with Crippen molar-refractivity contribution in [2.45, 2.75) is 25.0 Å². The van der Waals surface area contributed by atoms with Crippen LogP contribution < -0.4 is 5.73 Å². The zero-order valence-electron chi connectivity index (χ0n) is 12.4. The van der Waals surface area contributed by atoms with Crippen molar-refractivity contribution in [2.24, 2.45) is 12.8 Å². The second-order valence-electron chi connectivity index (χ2n) is 5.02. The van der Waals surface area contributed by atoms with Crippen molar-refractivity contribution in [3.05, 3.63) is 47.4 Å². The summed E-state index contributed by atoms with van der Waals surface area (Å²) in [4.78, 5) is 4.09. The number of imidazole rings is 1. The maximum Gasteiger partial charge on any atom is 0.262 e. The van der Waals surface area contributed by atoms with E-state index in [2.05, 4.69) is 4.98 Å². The molecule has 2 aromatic rings. The molecule has 2 rings (SSSR count). The van der Waals surface area contributed by atoms with Crippen LogP contribution in [0, 0.1) is 6.92 Å². The molecule has 0 saturated heterocycles. The van der Waals surface area contributed by atoms with Crippen molar-refractivity contribution in [3.63, 3.8) is 0 Å². The highest BCUT2D eigenvalue weighted by molar-refractivity contribution is 7.89. The molecular weight excluding hydrogens is 288 g/mol. The average molecular weight is 308 g/mol. The highest BCUT2D eigenvalue weighted by Gasteiger charge is 2.24. The molecule has 0 bridgehead atoms. The fourth-order valence-corrected chi connectivity index (χ4v) is 3.18. The molecule has 0 radical (unpaired) electrons. The summed E-state index contributed by atoms with van der Waals surface area (Å²) in [6.07, 6.45) is 1.53. The third-order valence-corrected chi connectivity index (χ3v) is 5.07. The first-order valence-electron chi connectivity index (χ1n) is 6.59. The summed E-state index contributed by atoms with van der Waals surface area (Å²) in [5.41, 5.74) is 7.48. The Morgan fingerprint density at radius 2 is 2.00 bits per heavy atom. The molecule has 0 saturated carbocycles. The fraction of sp³-hybridized carbons (Fsp3) is 0.357. The van der Waals surface area contributed by atoms with E-state index in [0.29, 0.717) is 12.4 Å². The van der Waals surface area contributed by atoms with E-state index in [1.807, 2.05) is 24.3 Å². The molecule has 0 spiro atoms. The summed E-state index contributed by atoms with van der Waals surface area (Å²) < 4.78 is 28.0. The fourth-order valence-electron chi connectivity index (χ4n) is 2.01. The van der Waals surface area contributed by atoms with Crippen LogP contribution in [0.15, 0.2) is 35.5 Å². The number of hydrogen-bond donors (Lipinski definition) is 1. The Labute approximate surface area is 125 Å². The highest BCUT2D eigenvalue weighted by Crippen LogP contribution is 2.16. The van der Waals surface area contributed by atoms with E-state index in [9.17, 15) is 8.42 Å². The van der Waals surface area contributed by atoms with Gasteiger partial charge in [0.25, 0.3) is 10.0 Å². The highest BCUT2D eigenvalue weighted by atomic mass is 32.2. The summed E-state index contributed by atoms with van der Waals surface area (Å²) in [6, 6.07) is 7.59. The molecule has 0 aliphatic heterocycles. The summed E-state index contributed by atoms with van der Waals surface area (Å²) in [5.74, 6) is 0.659. The second kappa shape index (κ2) is 5.97. The lowest BCUT2D eigenvalue weighted by Crippen LogP contribution is -2.26. The summed E-state index contributed by atoms with van der Waals surface area (Å²) in [5, 5.41) is 0.0694. The first kappa shape index (κ1) is 15.7. The molecule has 114 valence electrons. The first-order chi connectivity index (χ1) is 9.84. The van der Waals surface area contributed by atoms with E-state index >= 15 is 0 Å². The van der Waals surface area contributed by atoms with Crippen LogP contribution in [0.25, 0.3) is 0 Å². The summed E-state index contributed by atoms with van der Waals surface area (Å²) in [6.45, 7) is 2.49. The molecule has 0 amide bonds. The van der Waals surface area contributed by atoms with Gasteiger partial charge in [0.2, 0.25) is 0 Å². The summed E-state index contributed by atoms with van der Waals surface area (Å²) in [7, 11) is -0.268. The molecule has 0 fully saturated rings. The third-order valence-electron chi connectivity index (χ3n) is 3.39. The first-order valence-corrected chi connectivity index (χ1v) is 8.03. The van der Waals surface area contributed by atoms with E-state index in [4.69, 9.17) is 5.73 Å².